The molecule has 1 aromatic carbocycles. The summed E-state index contributed by atoms with van der Waals surface area (Å²) in [5, 5.41) is 4.96. The average molecular weight is 328 g/mol. The Morgan fingerprint density at radius 1 is 1.26 bits per heavy atom. The number of nitrogens with zero attached hydrogens (tertiary/aromatic N) is 1. The fourth-order valence-corrected chi connectivity index (χ4v) is 3.56. The van der Waals surface area contributed by atoms with E-state index in [2.05, 4.69) is 11.4 Å². The van der Waals surface area contributed by atoms with Crippen molar-refractivity contribution in [3.63, 3.8) is 0 Å². The van der Waals surface area contributed by atoms with Gasteiger partial charge in [0.2, 0.25) is 5.91 Å². The van der Waals surface area contributed by atoms with Gasteiger partial charge >= 0.3 is 0 Å². The maximum atomic E-state index is 12.7. The Bertz CT molecular complexity index is 684. The van der Waals surface area contributed by atoms with Crippen molar-refractivity contribution < 1.29 is 9.59 Å². The van der Waals surface area contributed by atoms with Crippen LogP contribution >= 0.6 is 11.3 Å². The van der Waals surface area contributed by atoms with E-state index in [1.54, 1.807) is 23.5 Å². The van der Waals surface area contributed by atoms with Gasteiger partial charge in [-0.05, 0) is 43.3 Å². The van der Waals surface area contributed by atoms with Crippen LogP contribution in [0.5, 0.6) is 0 Å². The first-order chi connectivity index (χ1) is 11.1. The van der Waals surface area contributed by atoms with Crippen LogP contribution in [0.4, 0.5) is 0 Å². The quantitative estimate of drug-likeness (QED) is 0.917. The summed E-state index contributed by atoms with van der Waals surface area (Å²) in [4.78, 5) is 28.1. The Labute approximate surface area is 140 Å². The molecule has 2 aromatic rings. The molecule has 120 valence electrons. The number of likely N-dealkylation sites (tertiary alicyclic amines) is 1. The summed E-state index contributed by atoms with van der Waals surface area (Å²) >= 11 is 1.71. The van der Waals surface area contributed by atoms with Gasteiger partial charge < -0.3 is 10.2 Å². The Morgan fingerprint density at radius 3 is 2.74 bits per heavy atom. The highest BCUT2D eigenvalue weighted by Crippen LogP contribution is 2.24. The number of nitrogens with one attached hydrogen (secondary N) is 1. The molecule has 2 amide bonds. The van der Waals surface area contributed by atoms with Gasteiger partial charge in [0.25, 0.3) is 5.91 Å². The fourth-order valence-electron chi connectivity index (χ4n) is 2.86. The van der Waals surface area contributed by atoms with E-state index in [0.717, 1.165) is 6.42 Å². The van der Waals surface area contributed by atoms with Gasteiger partial charge in [-0.2, -0.15) is 0 Å². The molecule has 0 radical (unpaired) electrons. The van der Waals surface area contributed by atoms with Crippen molar-refractivity contribution in [1.29, 1.82) is 0 Å². The number of carbonyl (C=O) groups is 2. The smallest absolute Gasteiger partial charge is 0.252 e. The third-order valence-corrected chi connectivity index (χ3v) is 5.21. The van der Waals surface area contributed by atoms with Crippen molar-refractivity contribution in [2.45, 2.75) is 25.3 Å². The monoisotopic (exact) mass is 328 g/mol. The molecule has 5 heteroatoms. The molecule has 0 aliphatic carbocycles. The highest BCUT2D eigenvalue weighted by Gasteiger charge is 2.43. The lowest BCUT2D eigenvalue weighted by Crippen LogP contribution is -2.52. The molecule has 3 rings (SSSR count). The number of hydrogen-bond donors (Lipinski definition) is 1. The first-order valence-corrected chi connectivity index (χ1v) is 8.66. The Hall–Kier alpha value is -2.14. The third kappa shape index (κ3) is 3.45. The predicted octanol–water partition coefficient (Wildman–Crippen LogP) is 2.71. The molecule has 1 atom stereocenters. The molecule has 1 N–H and O–H groups in total. The van der Waals surface area contributed by atoms with E-state index < -0.39 is 5.54 Å². The van der Waals surface area contributed by atoms with Gasteiger partial charge in [0, 0.05) is 23.5 Å². The van der Waals surface area contributed by atoms with Gasteiger partial charge in [0.1, 0.15) is 5.54 Å². The molecule has 4 nitrogen and oxygen atoms in total. The largest absolute Gasteiger partial charge is 0.340 e. The van der Waals surface area contributed by atoms with E-state index in [1.165, 1.54) is 4.88 Å². The molecule has 2 heterocycles. The minimum atomic E-state index is -0.803. The van der Waals surface area contributed by atoms with Crippen molar-refractivity contribution in [1.82, 2.24) is 10.2 Å². The summed E-state index contributed by atoms with van der Waals surface area (Å²) < 4.78 is 0. The molecule has 1 aliphatic heterocycles. The topological polar surface area (TPSA) is 49.4 Å². The maximum Gasteiger partial charge on any atom is 0.252 e. The van der Waals surface area contributed by atoms with Crippen LogP contribution in [0.1, 0.15) is 28.6 Å². The number of hydrogen-bond acceptors (Lipinski definition) is 3. The van der Waals surface area contributed by atoms with E-state index in [0.29, 0.717) is 25.1 Å². The third-order valence-electron chi connectivity index (χ3n) is 4.27. The molecule has 1 saturated heterocycles. The first kappa shape index (κ1) is 15.7. The van der Waals surface area contributed by atoms with E-state index in [4.69, 9.17) is 0 Å². The fraction of sp³-hybridized carbons (Fsp3) is 0.333. The van der Waals surface area contributed by atoms with Crippen molar-refractivity contribution >= 4 is 23.2 Å². The van der Waals surface area contributed by atoms with E-state index in [1.807, 2.05) is 41.5 Å². The second-order valence-electron chi connectivity index (χ2n) is 6.02. The summed E-state index contributed by atoms with van der Waals surface area (Å²) in [6.45, 7) is 3.22. The van der Waals surface area contributed by atoms with Crippen molar-refractivity contribution in [3.05, 3.63) is 58.3 Å². The van der Waals surface area contributed by atoms with Crippen LogP contribution in [0.2, 0.25) is 0 Å². The van der Waals surface area contributed by atoms with E-state index >= 15 is 0 Å². The van der Waals surface area contributed by atoms with Crippen LogP contribution < -0.4 is 5.32 Å². The zero-order valence-corrected chi connectivity index (χ0v) is 13.9. The summed E-state index contributed by atoms with van der Waals surface area (Å²) in [7, 11) is 0. The first-order valence-electron chi connectivity index (χ1n) is 7.78. The summed E-state index contributed by atoms with van der Waals surface area (Å²) in [5.41, 5.74) is -0.221. The predicted molar refractivity (Wildman–Crippen MR) is 91.5 cm³/mol. The van der Waals surface area contributed by atoms with Crippen LogP contribution in [-0.2, 0) is 11.2 Å². The van der Waals surface area contributed by atoms with Crippen molar-refractivity contribution in [3.8, 4) is 0 Å². The van der Waals surface area contributed by atoms with Crippen LogP contribution in [0.15, 0.2) is 47.8 Å². The summed E-state index contributed by atoms with van der Waals surface area (Å²) in [5.74, 6) is -0.181. The highest BCUT2D eigenvalue weighted by atomic mass is 32.1. The molecule has 1 fully saturated rings. The summed E-state index contributed by atoms with van der Waals surface area (Å²) in [6.07, 6.45) is 1.51. The number of thiophene rings is 1. The van der Waals surface area contributed by atoms with Crippen molar-refractivity contribution in [2.24, 2.45) is 0 Å². The zero-order valence-electron chi connectivity index (χ0n) is 13.1. The molecule has 1 unspecified atom stereocenters. The van der Waals surface area contributed by atoms with E-state index in [9.17, 15) is 9.59 Å². The van der Waals surface area contributed by atoms with Crippen LogP contribution in [0.3, 0.4) is 0 Å². The van der Waals surface area contributed by atoms with Gasteiger partial charge in [-0.25, -0.2) is 0 Å². The lowest BCUT2D eigenvalue weighted by atomic mass is 10.00. The standard InChI is InChI=1S/C18H20N2O2S/c1-18(19-16(21)14-6-3-2-4-7-14)10-12-20(17(18)22)11-9-15-8-5-13-23-15/h2-8,13H,9-12H2,1H3,(H,19,21). The summed E-state index contributed by atoms with van der Waals surface area (Å²) in [6, 6.07) is 13.1. The number of rotatable bonds is 5. The number of benzene rings is 1. The van der Waals surface area contributed by atoms with Gasteiger partial charge in [0.05, 0.1) is 0 Å². The molecule has 0 bridgehead atoms. The Kier molecular flexibility index (Phi) is 4.48. The lowest BCUT2D eigenvalue weighted by Gasteiger charge is -2.25. The van der Waals surface area contributed by atoms with Crippen LogP contribution in [0, 0.1) is 0 Å². The van der Waals surface area contributed by atoms with Crippen LogP contribution in [0.25, 0.3) is 0 Å². The maximum absolute atomic E-state index is 12.7. The molecular formula is C18H20N2O2S. The molecule has 1 aromatic heterocycles. The Morgan fingerprint density at radius 2 is 2.04 bits per heavy atom. The van der Waals surface area contributed by atoms with Crippen molar-refractivity contribution in [2.75, 3.05) is 13.1 Å². The zero-order chi connectivity index (χ0) is 16.3. The lowest BCUT2D eigenvalue weighted by molar-refractivity contribution is -0.132. The second-order valence-corrected chi connectivity index (χ2v) is 7.06. The number of carbonyl (C=O) groups excluding carboxylic acids is 2. The number of amides is 2. The Balaban J connectivity index is 1.61. The minimum Gasteiger partial charge on any atom is -0.340 e. The SMILES string of the molecule is CC1(NC(=O)c2ccccc2)CCN(CCc2cccs2)C1=O. The van der Waals surface area contributed by atoms with Crippen LogP contribution in [-0.4, -0.2) is 35.3 Å². The van der Waals surface area contributed by atoms with Gasteiger partial charge in [-0.15, -0.1) is 11.3 Å². The van der Waals surface area contributed by atoms with Gasteiger partial charge in [0.15, 0.2) is 0 Å². The average Bonchev–Trinajstić information content (AvgIpc) is 3.17. The molecule has 1 aliphatic rings. The molecule has 23 heavy (non-hydrogen) atoms. The van der Waals surface area contributed by atoms with Gasteiger partial charge in [-0.3, -0.25) is 9.59 Å². The molecule has 0 saturated carbocycles. The second kappa shape index (κ2) is 6.54. The molecule has 0 spiro atoms. The minimum absolute atomic E-state index is 0.0123. The normalized spacial score (nSPS) is 20.7. The van der Waals surface area contributed by atoms with Gasteiger partial charge in [-0.1, -0.05) is 24.3 Å². The highest BCUT2D eigenvalue weighted by molar-refractivity contribution is 7.09. The van der Waals surface area contributed by atoms with E-state index in [-0.39, 0.29) is 11.8 Å². The molecular weight excluding hydrogens is 308 g/mol.